The van der Waals surface area contributed by atoms with E-state index in [1.54, 1.807) is 13.1 Å². The molecular weight excluding hydrogens is 167 g/mol. The summed E-state index contributed by atoms with van der Waals surface area (Å²) in [7, 11) is 1.67. The van der Waals surface area contributed by atoms with Gasteiger partial charge in [0.05, 0.1) is 5.69 Å². The van der Waals surface area contributed by atoms with Crippen molar-refractivity contribution < 1.29 is 4.39 Å². The van der Waals surface area contributed by atoms with E-state index in [-0.39, 0.29) is 11.7 Å². The molecule has 0 aliphatic heterocycles. The van der Waals surface area contributed by atoms with Gasteiger partial charge in [-0.2, -0.15) is 0 Å². The molecule has 1 aromatic carbocycles. The van der Waals surface area contributed by atoms with Gasteiger partial charge in [-0.15, -0.1) is 0 Å². The van der Waals surface area contributed by atoms with Crippen LogP contribution in [0.5, 0.6) is 0 Å². The molecule has 3 heteroatoms. The van der Waals surface area contributed by atoms with Crippen LogP contribution in [0.1, 0.15) is 25.3 Å². The lowest BCUT2D eigenvalue weighted by molar-refractivity contribution is 0.627. The summed E-state index contributed by atoms with van der Waals surface area (Å²) in [5, 5.41) is 2.75. The highest BCUT2D eigenvalue weighted by Crippen LogP contribution is 2.27. The van der Waals surface area contributed by atoms with Crippen molar-refractivity contribution in [1.29, 1.82) is 0 Å². The molecule has 0 unspecified atom stereocenters. The van der Waals surface area contributed by atoms with Crippen LogP contribution in [0, 0.1) is 5.82 Å². The van der Waals surface area contributed by atoms with Gasteiger partial charge in [-0.25, -0.2) is 4.39 Å². The molecule has 0 spiro atoms. The first-order valence-corrected chi connectivity index (χ1v) is 4.33. The lowest BCUT2D eigenvalue weighted by Gasteiger charge is -2.11. The molecule has 0 fully saturated rings. The topological polar surface area (TPSA) is 38.0 Å². The highest BCUT2D eigenvalue weighted by atomic mass is 19.1. The van der Waals surface area contributed by atoms with Crippen molar-refractivity contribution in [3.05, 3.63) is 23.5 Å². The fraction of sp³-hybridized carbons (Fsp3) is 0.400. The first-order chi connectivity index (χ1) is 6.06. The molecule has 0 amide bonds. The quantitative estimate of drug-likeness (QED) is 0.690. The molecule has 0 aliphatic carbocycles. The summed E-state index contributed by atoms with van der Waals surface area (Å²) in [6, 6.07) is 3.12. The second-order valence-corrected chi connectivity index (χ2v) is 3.37. The molecule has 3 N–H and O–H groups in total. The summed E-state index contributed by atoms with van der Waals surface area (Å²) in [5.74, 6) is 0.000746. The summed E-state index contributed by atoms with van der Waals surface area (Å²) in [5.41, 5.74) is 7.70. The van der Waals surface area contributed by atoms with Gasteiger partial charge in [0.25, 0.3) is 0 Å². The average Bonchev–Trinajstić information content (AvgIpc) is 2.07. The molecule has 2 nitrogen and oxygen atoms in total. The van der Waals surface area contributed by atoms with E-state index >= 15 is 0 Å². The minimum absolute atomic E-state index is 0.250. The van der Waals surface area contributed by atoms with Crippen molar-refractivity contribution in [3.63, 3.8) is 0 Å². The van der Waals surface area contributed by atoms with Crippen molar-refractivity contribution in [2.45, 2.75) is 19.8 Å². The Labute approximate surface area is 77.9 Å². The number of nitrogens with one attached hydrogen (secondary N) is 1. The first kappa shape index (κ1) is 9.84. The Morgan fingerprint density at radius 1 is 1.38 bits per heavy atom. The molecule has 0 bridgehead atoms. The lowest BCUT2D eigenvalue weighted by atomic mass is 10.0. The van der Waals surface area contributed by atoms with Gasteiger partial charge in [-0.05, 0) is 23.6 Å². The minimum Gasteiger partial charge on any atom is -0.398 e. The zero-order valence-electron chi connectivity index (χ0n) is 8.19. The Bertz CT molecular complexity index is 308. The third-order valence-electron chi connectivity index (χ3n) is 2.06. The smallest absolute Gasteiger partial charge is 0.146 e. The third-order valence-corrected chi connectivity index (χ3v) is 2.06. The van der Waals surface area contributed by atoms with Gasteiger partial charge in [0.15, 0.2) is 0 Å². The summed E-state index contributed by atoms with van der Waals surface area (Å²) >= 11 is 0. The number of benzene rings is 1. The Morgan fingerprint density at radius 2 is 2.00 bits per heavy atom. The van der Waals surface area contributed by atoms with Crippen LogP contribution in [0.2, 0.25) is 0 Å². The second-order valence-electron chi connectivity index (χ2n) is 3.37. The third kappa shape index (κ3) is 1.91. The molecule has 0 heterocycles. The molecule has 0 atom stereocenters. The van der Waals surface area contributed by atoms with E-state index in [4.69, 9.17) is 5.73 Å². The van der Waals surface area contributed by atoms with E-state index in [9.17, 15) is 4.39 Å². The van der Waals surface area contributed by atoms with E-state index in [0.29, 0.717) is 11.4 Å². The van der Waals surface area contributed by atoms with Crippen molar-refractivity contribution in [2.24, 2.45) is 0 Å². The van der Waals surface area contributed by atoms with E-state index in [1.165, 1.54) is 6.07 Å². The molecule has 72 valence electrons. The maximum absolute atomic E-state index is 13.3. The van der Waals surface area contributed by atoms with E-state index in [0.717, 1.165) is 5.56 Å². The molecule has 0 aliphatic rings. The van der Waals surface area contributed by atoms with E-state index < -0.39 is 0 Å². The van der Waals surface area contributed by atoms with Gasteiger partial charge in [0, 0.05) is 12.7 Å². The van der Waals surface area contributed by atoms with Gasteiger partial charge < -0.3 is 11.1 Å². The van der Waals surface area contributed by atoms with Crippen LogP contribution in [0.15, 0.2) is 12.1 Å². The highest BCUT2D eigenvalue weighted by molar-refractivity contribution is 5.60. The first-order valence-electron chi connectivity index (χ1n) is 4.33. The number of nitrogen functional groups attached to an aromatic ring is 1. The van der Waals surface area contributed by atoms with Gasteiger partial charge in [-0.1, -0.05) is 13.8 Å². The van der Waals surface area contributed by atoms with Crippen LogP contribution < -0.4 is 11.1 Å². The molecule has 1 rings (SSSR count). The van der Waals surface area contributed by atoms with Gasteiger partial charge in [-0.3, -0.25) is 0 Å². The van der Waals surface area contributed by atoms with Crippen LogP contribution in [-0.4, -0.2) is 7.05 Å². The van der Waals surface area contributed by atoms with Crippen LogP contribution >= 0.6 is 0 Å². The Balaban J connectivity index is 3.20. The summed E-state index contributed by atoms with van der Waals surface area (Å²) in [4.78, 5) is 0. The fourth-order valence-corrected chi connectivity index (χ4v) is 1.30. The van der Waals surface area contributed by atoms with Gasteiger partial charge in [0.1, 0.15) is 5.82 Å². The molecule has 1 aromatic rings. The van der Waals surface area contributed by atoms with Gasteiger partial charge >= 0.3 is 0 Å². The summed E-state index contributed by atoms with van der Waals surface area (Å²) in [6.45, 7) is 3.98. The number of anilines is 2. The highest BCUT2D eigenvalue weighted by Gasteiger charge is 2.09. The molecule has 13 heavy (non-hydrogen) atoms. The van der Waals surface area contributed by atoms with Crippen LogP contribution in [0.25, 0.3) is 0 Å². The van der Waals surface area contributed by atoms with E-state index in [1.807, 2.05) is 13.8 Å². The minimum atomic E-state index is -0.250. The predicted octanol–water partition coefficient (Wildman–Crippen LogP) is 2.57. The largest absolute Gasteiger partial charge is 0.398 e. The summed E-state index contributed by atoms with van der Waals surface area (Å²) in [6.07, 6.45) is 0. The number of nitrogens with two attached hydrogens (primary N) is 1. The van der Waals surface area contributed by atoms with Crippen LogP contribution in [0.3, 0.4) is 0 Å². The number of rotatable bonds is 2. The normalized spacial score (nSPS) is 10.5. The Morgan fingerprint density at radius 3 is 2.46 bits per heavy atom. The summed E-state index contributed by atoms with van der Waals surface area (Å²) < 4.78 is 13.3. The van der Waals surface area contributed by atoms with Crippen LogP contribution in [-0.2, 0) is 0 Å². The maximum atomic E-state index is 13.3. The molecule has 0 radical (unpaired) electrons. The standard InChI is InChI=1S/C10H15FN2/c1-6(2)7-4-8(11)10(13-3)5-9(7)12/h4-6,13H,12H2,1-3H3. The second kappa shape index (κ2) is 3.64. The molecule has 0 saturated carbocycles. The molecule has 0 saturated heterocycles. The Kier molecular flexibility index (Phi) is 2.76. The average molecular weight is 182 g/mol. The predicted molar refractivity (Wildman–Crippen MR) is 54.4 cm³/mol. The van der Waals surface area contributed by atoms with Crippen molar-refractivity contribution >= 4 is 11.4 Å². The maximum Gasteiger partial charge on any atom is 0.146 e. The fourth-order valence-electron chi connectivity index (χ4n) is 1.30. The number of hydrogen-bond acceptors (Lipinski definition) is 2. The monoisotopic (exact) mass is 182 g/mol. The SMILES string of the molecule is CNc1cc(N)c(C(C)C)cc1F. The molecule has 0 aromatic heterocycles. The van der Waals surface area contributed by atoms with Crippen molar-refractivity contribution in [1.82, 2.24) is 0 Å². The van der Waals surface area contributed by atoms with Crippen molar-refractivity contribution in [3.8, 4) is 0 Å². The van der Waals surface area contributed by atoms with Crippen molar-refractivity contribution in [2.75, 3.05) is 18.1 Å². The van der Waals surface area contributed by atoms with E-state index in [2.05, 4.69) is 5.32 Å². The zero-order chi connectivity index (χ0) is 10.0. The molecular formula is C10H15FN2. The lowest BCUT2D eigenvalue weighted by Crippen LogP contribution is -2.01. The zero-order valence-corrected chi connectivity index (χ0v) is 8.19. The van der Waals surface area contributed by atoms with Crippen LogP contribution in [0.4, 0.5) is 15.8 Å². The number of halogens is 1. The Hall–Kier alpha value is -1.25. The van der Waals surface area contributed by atoms with Gasteiger partial charge in [0.2, 0.25) is 0 Å². The number of hydrogen-bond donors (Lipinski definition) is 2.